The molecule has 1 aliphatic carbocycles. The van der Waals surface area contributed by atoms with Crippen molar-refractivity contribution in [2.24, 2.45) is 11.7 Å². The average Bonchev–Trinajstić information content (AvgIpc) is 2.86. The summed E-state index contributed by atoms with van der Waals surface area (Å²) in [6, 6.07) is 6.24. The minimum Gasteiger partial charge on any atom is -0.367 e. The summed E-state index contributed by atoms with van der Waals surface area (Å²) >= 11 is 0. The van der Waals surface area contributed by atoms with Gasteiger partial charge in [0.2, 0.25) is 5.91 Å². The van der Waals surface area contributed by atoms with Gasteiger partial charge in [-0.05, 0) is 31.4 Å². The Morgan fingerprint density at radius 1 is 1.45 bits per heavy atom. The lowest BCUT2D eigenvalue weighted by molar-refractivity contribution is -0.132. The van der Waals surface area contributed by atoms with E-state index in [1.165, 1.54) is 0 Å². The van der Waals surface area contributed by atoms with Crippen LogP contribution in [0.25, 0.3) is 0 Å². The van der Waals surface area contributed by atoms with Gasteiger partial charge in [0, 0.05) is 32.1 Å². The van der Waals surface area contributed by atoms with Crippen LogP contribution in [0.5, 0.6) is 0 Å². The molecular weight excluding hydrogens is 256 g/mol. The molecule has 0 bridgehead atoms. The molecule has 1 fully saturated rings. The van der Waals surface area contributed by atoms with Crippen LogP contribution in [0.2, 0.25) is 0 Å². The van der Waals surface area contributed by atoms with E-state index in [2.05, 4.69) is 16.4 Å². The molecular formula is C14H19N4O2. The number of nitrogens with two attached hydrogens (primary N) is 1. The highest BCUT2D eigenvalue weighted by atomic mass is 16.2. The Morgan fingerprint density at radius 3 is 2.85 bits per heavy atom. The van der Waals surface area contributed by atoms with Crippen molar-refractivity contribution in [3.8, 4) is 0 Å². The molecule has 1 aromatic heterocycles. The Balaban J connectivity index is 1.97. The molecule has 0 unspecified atom stereocenters. The van der Waals surface area contributed by atoms with E-state index in [0.717, 1.165) is 19.3 Å². The first-order valence-electron chi connectivity index (χ1n) is 6.63. The van der Waals surface area contributed by atoms with Gasteiger partial charge >= 0.3 is 0 Å². The van der Waals surface area contributed by atoms with Gasteiger partial charge in [0.05, 0.1) is 0 Å². The fraction of sp³-hybridized carbons (Fsp3) is 0.500. The third-order valence-electron chi connectivity index (χ3n) is 3.50. The highest BCUT2D eigenvalue weighted by Crippen LogP contribution is 2.28. The molecule has 0 aliphatic heterocycles. The quantitative estimate of drug-likeness (QED) is 0.844. The van der Waals surface area contributed by atoms with Gasteiger partial charge in [-0.1, -0.05) is 0 Å². The number of hydrogen-bond donors (Lipinski definition) is 2. The van der Waals surface area contributed by atoms with Crippen molar-refractivity contribution in [3.63, 3.8) is 0 Å². The number of carbonyl (C=O) groups excluding carboxylic acids is 2. The predicted molar refractivity (Wildman–Crippen MR) is 75.0 cm³/mol. The van der Waals surface area contributed by atoms with E-state index in [1.807, 2.05) is 0 Å². The number of anilines is 1. The lowest BCUT2D eigenvalue weighted by atomic mass is 10.1. The topological polar surface area (TPSA) is 88.3 Å². The smallest absolute Gasteiger partial charge is 0.268 e. The first-order valence-corrected chi connectivity index (χ1v) is 6.63. The molecule has 20 heavy (non-hydrogen) atoms. The molecule has 1 saturated carbocycles. The van der Waals surface area contributed by atoms with E-state index >= 15 is 0 Å². The van der Waals surface area contributed by atoms with Crippen LogP contribution in [0, 0.1) is 12.0 Å². The maximum absolute atomic E-state index is 11.9. The fourth-order valence-electron chi connectivity index (χ4n) is 2.51. The summed E-state index contributed by atoms with van der Waals surface area (Å²) in [7, 11) is 3.55. The number of hydrogen-bond acceptors (Lipinski definition) is 4. The van der Waals surface area contributed by atoms with Crippen molar-refractivity contribution in [2.45, 2.75) is 25.3 Å². The van der Waals surface area contributed by atoms with Crippen molar-refractivity contribution in [2.75, 3.05) is 19.4 Å². The summed E-state index contributed by atoms with van der Waals surface area (Å²) in [6.07, 6.45) is 2.57. The molecule has 2 amide bonds. The second kappa shape index (κ2) is 5.90. The number of nitrogens with zero attached hydrogens (tertiary/aromatic N) is 2. The zero-order valence-corrected chi connectivity index (χ0v) is 11.7. The molecule has 2 rings (SSSR count). The molecule has 107 valence electrons. The largest absolute Gasteiger partial charge is 0.367 e. The van der Waals surface area contributed by atoms with Crippen LogP contribution in [0.4, 0.5) is 5.82 Å². The fourth-order valence-corrected chi connectivity index (χ4v) is 2.51. The van der Waals surface area contributed by atoms with E-state index in [-0.39, 0.29) is 23.6 Å². The minimum atomic E-state index is -0.597. The van der Waals surface area contributed by atoms with E-state index in [4.69, 9.17) is 5.73 Å². The summed E-state index contributed by atoms with van der Waals surface area (Å²) < 4.78 is 0. The number of rotatable bonds is 4. The number of aromatic nitrogens is 1. The van der Waals surface area contributed by atoms with Gasteiger partial charge in [0.1, 0.15) is 11.5 Å². The molecule has 6 heteroatoms. The summed E-state index contributed by atoms with van der Waals surface area (Å²) in [5.41, 5.74) is 5.29. The second-order valence-electron chi connectivity index (χ2n) is 5.27. The summed E-state index contributed by atoms with van der Waals surface area (Å²) in [4.78, 5) is 28.7. The molecule has 1 radical (unpaired) electrons. The molecule has 0 spiro atoms. The van der Waals surface area contributed by atoms with Crippen LogP contribution in [-0.4, -0.2) is 41.8 Å². The van der Waals surface area contributed by atoms with Crippen LogP contribution in [0.15, 0.2) is 12.1 Å². The lowest BCUT2D eigenvalue weighted by Crippen LogP contribution is -2.29. The normalized spacial score (nSPS) is 21.5. The number of pyridine rings is 1. The van der Waals surface area contributed by atoms with Crippen LogP contribution in [0.1, 0.15) is 29.8 Å². The molecule has 0 saturated heterocycles. The van der Waals surface area contributed by atoms with Gasteiger partial charge in [-0.25, -0.2) is 4.98 Å². The third-order valence-corrected chi connectivity index (χ3v) is 3.50. The standard InChI is InChI=1S/C14H19N4O2/c1-18(2)14(20)9-6-7-10(8-9)16-12-5-3-4-11(17-12)13(15)19/h3,5,9-10H,6-8H2,1-2H3,(H2,15,19)(H,16,17)/t9-,10+/m1/s1. The Hall–Kier alpha value is -2.11. The molecule has 1 aliphatic rings. The van der Waals surface area contributed by atoms with Crippen molar-refractivity contribution in [3.05, 3.63) is 23.9 Å². The van der Waals surface area contributed by atoms with Crippen molar-refractivity contribution >= 4 is 17.6 Å². The zero-order valence-electron chi connectivity index (χ0n) is 11.7. The predicted octanol–water partition coefficient (Wildman–Crippen LogP) is 0.649. The number of primary amides is 1. The van der Waals surface area contributed by atoms with Gasteiger partial charge in [-0.2, -0.15) is 0 Å². The molecule has 1 heterocycles. The van der Waals surface area contributed by atoms with Gasteiger partial charge in [-0.3, -0.25) is 9.59 Å². The van der Waals surface area contributed by atoms with E-state index in [9.17, 15) is 9.59 Å². The molecule has 2 atom stereocenters. The Labute approximate surface area is 118 Å². The van der Waals surface area contributed by atoms with E-state index < -0.39 is 5.91 Å². The average molecular weight is 275 g/mol. The molecule has 3 N–H and O–H groups in total. The first-order chi connectivity index (χ1) is 9.47. The minimum absolute atomic E-state index is 0.0633. The Morgan fingerprint density at radius 2 is 2.20 bits per heavy atom. The lowest BCUT2D eigenvalue weighted by Gasteiger charge is -2.17. The maximum Gasteiger partial charge on any atom is 0.268 e. The monoisotopic (exact) mass is 275 g/mol. The van der Waals surface area contributed by atoms with Gasteiger partial charge in [-0.15, -0.1) is 0 Å². The van der Waals surface area contributed by atoms with Crippen molar-refractivity contribution in [1.82, 2.24) is 9.88 Å². The molecule has 6 nitrogen and oxygen atoms in total. The zero-order chi connectivity index (χ0) is 14.7. The second-order valence-corrected chi connectivity index (χ2v) is 5.27. The van der Waals surface area contributed by atoms with E-state index in [0.29, 0.717) is 5.82 Å². The highest BCUT2D eigenvalue weighted by Gasteiger charge is 2.30. The SMILES string of the molecule is CN(C)C(=O)[C@@H]1CC[C@H](Nc2cc[c]c(C(N)=O)n2)C1. The molecule has 0 aromatic carbocycles. The molecule has 1 aromatic rings. The van der Waals surface area contributed by atoms with Gasteiger partial charge in [0.25, 0.3) is 5.91 Å². The van der Waals surface area contributed by atoms with Crippen LogP contribution in [0.3, 0.4) is 0 Å². The first kappa shape index (κ1) is 14.3. The van der Waals surface area contributed by atoms with Crippen molar-refractivity contribution in [1.29, 1.82) is 0 Å². The van der Waals surface area contributed by atoms with Gasteiger partial charge in [0.15, 0.2) is 0 Å². The third kappa shape index (κ3) is 3.26. The number of carbonyl (C=O) groups is 2. The Kier molecular flexibility index (Phi) is 4.22. The maximum atomic E-state index is 11.9. The number of amides is 2. The summed E-state index contributed by atoms with van der Waals surface area (Å²) in [5, 5.41) is 3.25. The van der Waals surface area contributed by atoms with Crippen molar-refractivity contribution < 1.29 is 9.59 Å². The highest BCUT2D eigenvalue weighted by molar-refractivity contribution is 5.90. The van der Waals surface area contributed by atoms with Crippen LogP contribution < -0.4 is 11.1 Å². The summed E-state index contributed by atoms with van der Waals surface area (Å²) in [5.74, 6) is 0.233. The Bertz CT molecular complexity index is 516. The van der Waals surface area contributed by atoms with Gasteiger partial charge < -0.3 is 16.0 Å². The summed E-state index contributed by atoms with van der Waals surface area (Å²) in [6.45, 7) is 0. The van der Waals surface area contributed by atoms with Crippen LogP contribution in [-0.2, 0) is 4.79 Å². The van der Waals surface area contributed by atoms with Crippen LogP contribution >= 0.6 is 0 Å². The van der Waals surface area contributed by atoms with E-state index in [1.54, 1.807) is 31.1 Å². The number of nitrogens with one attached hydrogen (secondary N) is 1.